The van der Waals surface area contributed by atoms with Crippen LogP contribution in [0.3, 0.4) is 0 Å². The maximum absolute atomic E-state index is 13.0. The van der Waals surface area contributed by atoms with E-state index in [-0.39, 0.29) is 11.8 Å². The minimum atomic E-state index is -0.721. The van der Waals surface area contributed by atoms with E-state index in [1.807, 2.05) is 62.4 Å². The molecule has 0 spiro atoms. The Morgan fingerprint density at radius 1 is 0.931 bits per heavy atom. The molecule has 1 atom stereocenters. The summed E-state index contributed by atoms with van der Waals surface area (Å²) in [6.45, 7) is 3.95. The zero-order valence-electron chi connectivity index (χ0n) is 16.4. The Balaban J connectivity index is 1.80. The van der Waals surface area contributed by atoms with Gasteiger partial charge in [0, 0.05) is 22.7 Å². The summed E-state index contributed by atoms with van der Waals surface area (Å²) in [4.78, 5) is 25.7. The Bertz CT molecular complexity index is 1000. The molecular weight excluding hydrogens is 384 g/mol. The van der Waals surface area contributed by atoms with E-state index in [4.69, 9.17) is 11.6 Å². The van der Waals surface area contributed by atoms with Gasteiger partial charge in [-0.25, -0.2) is 0 Å². The lowest BCUT2D eigenvalue weighted by Crippen LogP contribution is -2.45. The van der Waals surface area contributed by atoms with E-state index >= 15 is 0 Å². The van der Waals surface area contributed by atoms with Crippen molar-refractivity contribution in [3.8, 4) is 0 Å². The van der Waals surface area contributed by atoms with Crippen LogP contribution >= 0.6 is 11.6 Å². The number of hydrogen-bond acceptors (Lipinski definition) is 2. The van der Waals surface area contributed by atoms with Crippen molar-refractivity contribution in [3.63, 3.8) is 0 Å². The minimum absolute atomic E-state index is 0.261. The fourth-order valence-corrected chi connectivity index (χ4v) is 3.20. The normalized spacial score (nSPS) is 11.6. The molecule has 5 heteroatoms. The van der Waals surface area contributed by atoms with Crippen molar-refractivity contribution >= 4 is 29.1 Å². The Morgan fingerprint density at radius 3 is 2.28 bits per heavy atom. The van der Waals surface area contributed by atoms with Crippen LogP contribution in [0.25, 0.3) is 0 Å². The number of benzene rings is 3. The highest BCUT2D eigenvalue weighted by molar-refractivity contribution is 6.30. The number of carbonyl (C=O) groups is 2. The van der Waals surface area contributed by atoms with E-state index in [2.05, 4.69) is 10.6 Å². The second-order valence-electron chi connectivity index (χ2n) is 7.03. The average Bonchev–Trinajstić information content (AvgIpc) is 2.70. The van der Waals surface area contributed by atoms with Crippen LogP contribution in [0.15, 0.2) is 72.8 Å². The van der Waals surface area contributed by atoms with E-state index in [1.54, 1.807) is 24.3 Å². The first kappa shape index (κ1) is 20.6. The van der Waals surface area contributed by atoms with Crippen LogP contribution in [0, 0.1) is 13.8 Å². The second kappa shape index (κ2) is 9.39. The summed E-state index contributed by atoms with van der Waals surface area (Å²) < 4.78 is 0. The number of nitrogens with one attached hydrogen (secondary N) is 2. The highest BCUT2D eigenvalue weighted by atomic mass is 35.5. The maximum atomic E-state index is 13.0. The molecule has 0 fully saturated rings. The zero-order valence-corrected chi connectivity index (χ0v) is 17.2. The fourth-order valence-electron chi connectivity index (χ4n) is 3.08. The van der Waals surface area contributed by atoms with Gasteiger partial charge in [0.2, 0.25) is 5.91 Å². The van der Waals surface area contributed by atoms with Crippen molar-refractivity contribution in [1.29, 1.82) is 0 Å². The number of hydrogen-bond donors (Lipinski definition) is 2. The van der Waals surface area contributed by atoms with Crippen molar-refractivity contribution < 1.29 is 9.59 Å². The molecule has 0 aromatic heterocycles. The van der Waals surface area contributed by atoms with Crippen molar-refractivity contribution in [3.05, 3.63) is 100 Å². The maximum Gasteiger partial charge on any atom is 0.251 e. The van der Waals surface area contributed by atoms with Gasteiger partial charge in [0.25, 0.3) is 5.91 Å². The van der Waals surface area contributed by atoms with Gasteiger partial charge in [0.1, 0.15) is 6.04 Å². The molecule has 0 heterocycles. The molecule has 0 radical (unpaired) electrons. The SMILES string of the molecule is Cc1ccc(NC(=O)C(Cc2ccccc2)NC(=O)c2ccc(Cl)cc2)c(C)c1. The summed E-state index contributed by atoms with van der Waals surface area (Å²) in [6, 6.07) is 21.3. The monoisotopic (exact) mass is 406 g/mol. The molecule has 0 aliphatic heterocycles. The summed E-state index contributed by atoms with van der Waals surface area (Å²) in [5, 5.41) is 6.36. The first-order valence-corrected chi connectivity index (χ1v) is 9.78. The van der Waals surface area contributed by atoms with Crippen LogP contribution < -0.4 is 10.6 Å². The lowest BCUT2D eigenvalue weighted by Gasteiger charge is -2.20. The summed E-state index contributed by atoms with van der Waals surface area (Å²) in [6.07, 6.45) is 0.386. The van der Waals surface area contributed by atoms with Crippen LogP contribution in [0.1, 0.15) is 27.0 Å². The van der Waals surface area contributed by atoms with Crippen LogP contribution in [-0.2, 0) is 11.2 Å². The first-order valence-electron chi connectivity index (χ1n) is 9.41. The molecule has 0 saturated heterocycles. The standard InChI is InChI=1S/C24H23ClN2O2/c1-16-8-13-21(17(2)14-16)26-24(29)22(15-18-6-4-3-5-7-18)27-23(28)19-9-11-20(25)12-10-19/h3-14,22H,15H2,1-2H3,(H,26,29)(H,27,28). The summed E-state index contributed by atoms with van der Waals surface area (Å²) >= 11 is 5.90. The Hall–Kier alpha value is -3.11. The number of amides is 2. The smallest absolute Gasteiger partial charge is 0.251 e. The van der Waals surface area contributed by atoms with Crippen LogP contribution in [-0.4, -0.2) is 17.9 Å². The summed E-state index contributed by atoms with van der Waals surface area (Å²) in [7, 11) is 0. The minimum Gasteiger partial charge on any atom is -0.340 e. The fraction of sp³-hybridized carbons (Fsp3) is 0.167. The lowest BCUT2D eigenvalue weighted by molar-refractivity contribution is -0.118. The van der Waals surface area contributed by atoms with Crippen LogP contribution in [0.5, 0.6) is 0 Å². The Kier molecular flexibility index (Phi) is 6.68. The third kappa shape index (κ3) is 5.69. The number of aryl methyl sites for hydroxylation is 2. The molecule has 29 heavy (non-hydrogen) atoms. The highest BCUT2D eigenvalue weighted by Crippen LogP contribution is 2.17. The van der Waals surface area contributed by atoms with Crippen LogP contribution in [0.4, 0.5) is 5.69 Å². The first-order chi connectivity index (χ1) is 13.9. The largest absolute Gasteiger partial charge is 0.340 e. The Morgan fingerprint density at radius 2 is 1.62 bits per heavy atom. The van der Waals surface area contributed by atoms with E-state index in [0.717, 1.165) is 22.4 Å². The van der Waals surface area contributed by atoms with Crippen molar-refractivity contribution in [2.75, 3.05) is 5.32 Å². The highest BCUT2D eigenvalue weighted by Gasteiger charge is 2.22. The van der Waals surface area contributed by atoms with Gasteiger partial charge in [-0.15, -0.1) is 0 Å². The van der Waals surface area contributed by atoms with E-state index < -0.39 is 6.04 Å². The third-order valence-electron chi connectivity index (χ3n) is 4.65. The van der Waals surface area contributed by atoms with Gasteiger partial charge in [-0.2, -0.15) is 0 Å². The number of rotatable bonds is 6. The number of anilines is 1. The van der Waals surface area contributed by atoms with E-state index in [9.17, 15) is 9.59 Å². The topological polar surface area (TPSA) is 58.2 Å². The van der Waals surface area contributed by atoms with Gasteiger partial charge >= 0.3 is 0 Å². The summed E-state index contributed by atoms with van der Waals surface area (Å²) in [5.74, 6) is -0.582. The molecule has 2 amide bonds. The Labute approximate surface area is 175 Å². The van der Waals surface area contributed by atoms with Crippen molar-refractivity contribution in [1.82, 2.24) is 5.32 Å². The third-order valence-corrected chi connectivity index (χ3v) is 4.90. The van der Waals surface area contributed by atoms with Gasteiger partial charge < -0.3 is 10.6 Å². The van der Waals surface area contributed by atoms with Gasteiger partial charge in [0.15, 0.2) is 0 Å². The molecule has 148 valence electrons. The van der Waals surface area contributed by atoms with Gasteiger partial charge in [-0.05, 0) is 55.3 Å². The van der Waals surface area contributed by atoms with E-state index in [0.29, 0.717) is 17.0 Å². The number of carbonyl (C=O) groups excluding carboxylic acids is 2. The number of halogens is 1. The molecule has 4 nitrogen and oxygen atoms in total. The molecule has 3 aromatic rings. The van der Waals surface area contributed by atoms with E-state index in [1.165, 1.54) is 0 Å². The van der Waals surface area contributed by atoms with Crippen molar-refractivity contribution in [2.24, 2.45) is 0 Å². The van der Waals surface area contributed by atoms with Gasteiger partial charge in [-0.3, -0.25) is 9.59 Å². The molecule has 3 aromatic carbocycles. The molecule has 2 N–H and O–H groups in total. The van der Waals surface area contributed by atoms with Crippen molar-refractivity contribution in [2.45, 2.75) is 26.3 Å². The average molecular weight is 407 g/mol. The zero-order chi connectivity index (χ0) is 20.8. The molecule has 0 aliphatic carbocycles. The quantitative estimate of drug-likeness (QED) is 0.609. The van der Waals surface area contributed by atoms with Gasteiger partial charge in [0.05, 0.1) is 0 Å². The molecule has 3 rings (SSSR count). The molecule has 0 bridgehead atoms. The molecule has 0 saturated carbocycles. The predicted octanol–water partition coefficient (Wildman–Crippen LogP) is 4.94. The van der Waals surface area contributed by atoms with Crippen LogP contribution in [0.2, 0.25) is 5.02 Å². The molecule has 0 aliphatic rings. The molecular formula is C24H23ClN2O2. The second-order valence-corrected chi connectivity index (χ2v) is 7.47. The van der Waals surface area contributed by atoms with Gasteiger partial charge in [-0.1, -0.05) is 59.6 Å². The predicted molar refractivity (Wildman–Crippen MR) is 117 cm³/mol. The lowest BCUT2D eigenvalue weighted by atomic mass is 10.0. The summed E-state index contributed by atoms with van der Waals surface area (Å²) in [5.41, 5.74) is 4.24. The molecule has 1 unspecified atom stereocenters.